The van der Waals surface area contributed by atoms with Crippen molar-refractivity contribution < 1.29 is 4.79 Å². The summed E-state index contributed by atoms with van der Waals surface area (Å²) in [6.07, 6.45) is 8.98. The third-order valence-corrected chi connectivity index (χ3v) is 6.69. The molecule has 3 rings (SSSR count). The van der Waals surface area contributed by atoms with Crippen molar-refractivity contribution in [1.82, 2.24) is 10.2 Å². The molecule has 3 heteroatoms. The molecule has 0 radical (unpaired) electrons. The lowest BCUT2D eigenvalue weighted by molar-refractivity contribution is -0.130. The van der Waals surface area contributed by atoms with E-state index in [1.807, 2.05) is 0 Å². The summed E-state index contributed by atoms with van der Waals surface area (Å²) in [6.45, 7) is 9.70. The number of nitrogens with one attached hydrogen (secondary N) is 1. The highest BCUT2D eigenvalue weighted by Crippen LogP contribution is 2.62. The van der Waals surface area contributed by atoms with Crippen LogP contribution in [0.2, 0.25) is 0 Å². The van der Waals surface area contributed by atoms with Crippen LogP contribution in [0.5, 0.6) is 0 Å². The van der Waals surface area contributed by atoms with Crippen LogP contribution in [0, 0.1) is 16.7 Å². The van der Waals surface area contributed by atoms with Gasteiger partial charge < -0.3 is 10.2 Å². The van der Waals surface area contributed by atoms with Crippen molar-refractivity contribution in [2.24, 2.45) is 16.7 Å². The SMILES string of the molecule is CC12CCC(C1)C(C)(C)C2NCC(=O)N1CCCCCC1. The van der Waals surface area contributed by atoms with E-state index < -0.39 is 0 Å². The summed E-state index contributed by atoms with van der Waals surface area (Å²) in [4.78, 5) is 14.6. The summed E-state index contributed by atoms with van der Waals surface area (Å²) in [7, 11) is 0. The molecule has 3 fully saturated rings. The molecule has 0 aromatic carbocycles. The second-order valence-electron chi connectivity index (χ2n) is 8.52. The van der Waals surface area contributed by atoms with Crippen molar-refractivity contribution in [3.05, 3.63) is 0 Å². The van der Waals surface area contributed by atoms with Crippen LogP contribution in [-0.4, -0.2) is 36.5 Å². The topological polar surface area (TPSA) is 32.3 Å². The largest absolute Gasteiger partial charge is 0.342 e. The number of nitrogens with zero attached hydrogens (tertiary/aromatic N) is 1. The highest BCUT2D eigenvalue weighted by molar-refractivity contribution is 5.78. The Morgan fingerprint density at radius 2 is 1.81 bits per heavy atom. The average molecular weight is 292 g/mol. The maximum atomic E-state index is 12.5. The zero-order chi connectivity index (χ0) is 15.1. The molecular formula is C18H32N2O. The van der Waals surface area contributed by atoms with Gasteiger partial charge in [-0.15, -0.1) is 0 Å². The van der Waals surface area contributed by atoms with Gasteiger partial charge in [0.25, 0.3) is 0 Å². The third kappa shape index (κ3) is 2.74. The van der Waals surface area contributed by atoms with Gasteiger partial charge in [-0.2, -0.15) is 0 Å². The van der Waals surface area contributed by atoms with E-state index in [1.165, 1.54) is 44.9 Å². The first-order chi connectivity index (χ1) is 9.93. The van der Waals surface area contributed by atoms with Gasteiger partial charge in [0.05, 0.1) is 6.54 Å². The zero-order valence-electron chi connectivity index (χ0n) is 14.1. The quantitative estimate of drug-likeness (QED) is 0.866. The zero-order valence-corrected chi connectivity index (χ0v) is 14.1. The Labute approximate surface area is 129 Å². The van der Waals surface area contributed by atoms with Crippen LogP contribution in [0.4, 0.5) is 0 Å². The molecule has 2 bridgehead atoms. The van der Waals surface area contributed by atoms with Crippen molar-refractivity contribution >= 4 is 5.91 Å². The van der Waals surface area contributed by atoms with Gasteiger partial charge in [-0.1, -0.05) is 33.6 Å². The Hall–Kier alpha value is -0.570. The van der Waals surface area contributed by atoms with Crippen molar-refractivity contribution in [2.75, 3.05) is 19.6 Å². The molecule has 21 heavy (non-hydrogen) atoms. The van der Waals surface area contributed by atoms with Crippen LogP contribution < -0.4 is 5.32 Å². The van der Waals surface area contributed by atoms with E-state index in [0.717, 1.165) is 19.0 Å². The van der Waals surface area contributed by atoms with Crippen molar-refractivity contribution in [1.29, 1.82) is 0 Å². The van der Waals surface area contributed by atoms with Crippen molar-refractivity contribution in [3.63, 3.8) is 0 Å². The minimum absolute atomic E-state index is 0.319. The molecule has 1 aliphatic heterocycles. The fourth-order valence-corrected chi connectivity index (χ4v) is 5.43. The fraction of sp³-hybridized carbons (Fsp3) is 0.944. The minimum atomic E-state index is 0.319. The minimum Gasteiger partial charge on any atom is -0.342 e. The molecule has 1 saturated heterocycles. The number of carbonyl (C=O) groups excluding carboxylic acids is 1. The van der Waals surface area contributed by atoms with E-state index >= 15 is 0 Å². The summed E-state index contributed by atoms with van der Waals surface area (Å²) in [5, 5.41) is 3.67. The maximum Gasteiger partial charge on any atom is 0.236 e. The Kier molecular flexibility index (Phi) is 4.06. The van der Waals surface area contributed by atoms with Crippen LogP contribution >= 0.6 is 0 Å². The molecule has 1 N–H and O–H groups in total. The first-order valence-electron chi connectivity index (χ1n) is 8.95. The Bertz CT molecular complexity index is 393. The maximum absolute atomic E-state index is 12.5. The van der Waals surface area contributed by atoms with Gasteiger partial charge in [0.15, 0.2) is 0 Å². The van der Waals surface area contributed by atoms with Crippen molar-refractivity contribution in [3.8, 4) is 0 Å². The number of likely N-dealkylation sites (tertiary alicyclic amines) is 1. The van der Waals surface area contributed by atoms with E-state index in [9.17, 15) is 4.79 Å². The van der Waals surface area contributed by atoms with Gasteiger partial charge >= 0.3 is 0 Å². The summed E-state index contributed by atoms with van der Waals surface area (Å²) < 4.78 is 0. The predicted molar refractivity (Wildman–Crippen MR) is 86.1 cm³/mol. The van der Waals surface area contributed by atoms with Gasteiger partial charge in [0.1, 0.15) is 0 Å². The second-order valence-corrected chi connectivity index (χ2v) is 8.52. The highest BCUT2D eigenvalue weighted by Gasteiger charge is 2.59. The fourth-order valence-electron chi connectivity index (χ4n) is 5.43. The Morgan fingerprint density at radius 3 is 2.38 bits per heavy atom. The summed E-state index contributed by atoms with van der Waals surface area (Å²) in [5.74, 6) is 1.16. The first-order valence-corrected chi connectivity index (χ1v) is 8.95. The number of amides is 1. The molecule has 3 atom stereocenters. The van der Waals surface area contributed by atoms with E-state index in [-0.39, 0.29) is 0 Å². The molecule has 0 aromatic heterocycles. The van der Waals surface area contributed by atoms with Crippen LogP contribution in [0.3, 0.4) is 0 Å². The standard InChI is InChI=1S/C18H32N2O/c1-17(2)14-8-9-18(3,12-14)16(17)19-13-15(21)20-10-6-4-5-7-11-20/h14,16,19H,4-13H2,1-3H3. The molecule has 3 unspecified atom stereocenters. The Morgan fingerprint density at radius 1 is 1.14 bits per heavy atom. The lowest BCUT2D eigenvalue weighted by atomic mass is 9.68. The lowest BCUT2D eigenvalue weighted by Crippen LogP contribution is -2.53. The smallest absolute Gasteiger partial charge is 0.236 e. The molecule has 120 valence electrons. The molecule has 1 heterocycles. The number of hydrogen-bond acceptors (Lipinski definition) is 2. The monoisotopic (exact) mass is 292 g/mol. The van der Waals surface area contributed by atoms with Crippen LogP contribution in [-0.2, 0) is 4.79 Å². The van der Waals surface area contributed by atoms with Crippen molar-refractivity contribution in [2.45, 2.75) is 71.8 Å². The normalized spacial score (nSPS) is 38.5. The van der Waals surface area contributed by atoms with Gasteiger partial charge in [0, 0.05) is 19.1 Å². The molecule has 2 saturated carbocycles. The predicted octanol–water partition coefficient (Wildman–Crippen LogP) is 3.19. The van der Waals surface area contributed by atoms with E-state index in [4.69, 9.17) is 0 Å². The van der Waals surface area contributed by atoms with Gasteiger partial charge in [-0.05, 0) is 48.9 Å². The van der Waals surface area contributed by atoms with Gasteiger partial charge in [0.2, 0.25) is 5.91 Å². The molecule has 1 amide bonds. The number of hydrogen-bond donors (Lipinski definition) is 1. The molecule has 0 aromatic rings. The average Bonchev–Trinajstić information content (AvgIpc) is 2.77. The molecule has 3 nitrogen and oxygen atoms in total. The van der Waals surface area contributed by atoms with E-state index in [1.54, 1.807) is 0 Å². The highest BCUT2D eigenvalue weighted by atomic mass is 16.2. The third-order valence-electron chi connectivity index (χ3n) is 6.69. The molecule has 0 spiro atoms. The van der Waals surface area contributed by atoms with E-state index in [2.05, 4.69) is 31.0 Å². The van der Waals surface area contributed by atoms with Crippen LogP contribution in [0.15, 0.2) is 0 Å². The van der Waals surface area contributed by atoms with Gasteiger partial charge in [-0.3, -0.25) is 4.79 Å². The van der Waals surface area contributed by atoms with Gasteiger partial charge in [-0.25, -0.2) is 0 Å². The molecule has 2 aliphatic carbocycles. The molecular weight excluding hydrogens is 260 g/mol. The second kappa shape index (κ2) is 5.57. The number of carbonyl (C=O) groups is 1. The van der Waals surface area contributed by atoms with Crippen LogP contribution in [0.25, 0.3) is 0 Å². The summed E-state index contributed by atoms with van der Waals surface area (Å²) in [6, 6.07) is 0.500. The Balaban J connectivity index is 1.58. The lowest BCUT2D eigenvalue weighted by Gasteiger charge is -2.43. The number of fused-ring (bicyclic) bond motifs is 2. The van der Waals surface area contributed by atoms with Crippen LogP contribution in [0.1, 0.15) is 65.7 Å². The number of rotatable bonds is 3. The molecule has 3 aliphatic rings. The first kappa shape index (κ1) is 15.3. The summed E-state index contributed by atoms with van der Waals surface area (Å²) in [5.41, 5.74) is 0.749. The van der Waals surface area contributed by atoms with E-state index in [0.29, 0.717) is 29.3 Å². The summed E-state index contributed by atoms with van der Waals surface area (Å²) >= 11 is 0.